The van der Waals surface area contributed by atoms with Crippen LogP contribution >= 0.6 is 0 Å². The van der Waals surface area contributed by atoms with E-state index in [2.05, 4.69) is 4.90 Å². The van der Waals surface area contributed by atoms with E-state index in [0.29, 0.717) is 19.1 Å². The zero-order chi connectivity index (χ0) is 12.9. The minimum Gasteiger partial charge on any atom is -0.330 e. The van der Waals surface area contributed by atoms with Gasteiger partial charge in [0, 0.05) is 12.6 Å². The van der Waals surface area contributed by atoms with Crippen LogP contribution in [-0.2, 0) is 9.84 Å². The summed E-state index contributed by atoms with van der Waals surface area (Å²) in [6, 6.07) is 0.601. The fourth-order valence-electron chi connectivity index (χ4n) is 2.00. The molecule has 0 aromatic carbocycles. The molecule has 1 aliphatic carbocycles. The van der Waals surface area contributed by atoms with Gasteiger partial charge in [-0.2, -0.15) is 0 Å². The first-order chi connectivity index (χ1) is 7.97. The van der Waals surface area contributed by atoms with E-state index in [1.165, 1.54) is 19.3 Å². The lowest BCUT2D eigenvalue weighted by Gasteiger charge is -2.37. The van der Waals surface area contributed by atoms with Crippen molar-refractivity contribution in [3.63, 3.8) is 0 Å². The maximum Gasteiger partial charge on any atom is 0.153 e. The summed E-state index contributed by atoms with van der Waals surface area (Å²) in [4.78, 5) is 2.32. The Balaban J connectivity index is 2.43. The highest BCUT2D eigenvalue weighted by molar-refractivity contribution is 7.92. The average Bonchev–Trinajstić information content (AvgIpc) is 2.19. The van der Waals surface area contributed by atoms with Crippen molar-refractivity contribution in [2.24, 2.45) is 5.73 Å². The Morgan fingerprint density at radius 1 is 1.29 bits per heavy atom. The van der Waals surface area contributed by atoms with Crippen molar-refractivity contribution in [3.05, 3.63) is 0 Å². The Bertz CT molecular complexity index is 310. The molecule has 0 atom stereocenters. The van der Waals surface area contributed by atoms with Crippen LogP contribution in [0.25, 0.3) is 0 Å². The Kier molecular flexibility index (Phi) is 5.89. The largest absolute Gasteiger partial charge is 0.330 e. The standard InChI is InChI=1S/C12H26N2O2S/c1-11(2)17(15,16)10-9-14(8-4-7-13)12-5-3-6-12/h11-12H,3-10,13H2,1-2H3. The van der Waals surface area contributed by atoms with Gasteiger partial charge in [0.1, 0.15) is 0 Å². The number of hydrogen-bond donors (Lipinski definition) is 1. The molecule has 0 amide bonds. The number of sulfone groups is 1. The highest BCUT2D eigenvalue weighted by Gasteiger charge is 2.26. The predicted molar refractivity (Wildman–Crippen MR) is 71.8 cm³/mol. The minimum absolute atomic E-state index is 0.264. The molecule has 17 heavy (non-hydrogen) atoms. The van der Waals surface area contributed by atoms with Crippen molar-refractivity contribution < 1.29 is 8.42 Å². The quantitative estimate of drug-likeness (QED) is 0.709. The van der Waals surface area contributed by atoms with E-state index in [0.717, 1.165) is 13.0 Å². The maximum atomic E-state index is 11.8. The zero-order valence-corrected chi connectivity index (χ0v) is 11.9. The Morgan fingerprint density at radius 2 is 1.94 bits per heavy atom. The second kappa shape index (κ2) is 6.71. The summed E-state index contributed by atoms with van der Waals surface area (Å²) in [5.41, 5.74) is 5.52. The molecule has 0 aliphatic heterocycles. The monoisotopic (exact) mass is 262 g/mol. The van der Waals surface area contributed by atoms with Gasteiger partial charge >= 0.3 is 0 Å². The third kappa shape index (κ3) is 4.56. The van der Waals surface area contributed by atoms with Gasteiger partial charge < -0.3 is 5.73 Å². The minimum atomic E-state index is -2.91. The summed E-state index contributed by atoms with van der Waals surface area (Å²) in [6.45, 7) is 5.80. The lowest BCUT2D eigenvalue weighted by molar-refractivity contribution is 0.134. The third-order valence-corrected chi connectivity index (χ3v) is 5.81. The molecule has 4 nitrogen and oxygen atoms in total. The van der Waals surface area contributed by atoms with E-state index >= 15 is 0 Å². The van der Waals surface area contributed by atoms with Crippen LogP contribution in [0, 0.1) is 0 Å². The molecule has 0 saturated heterocycles. The molecular formula is C12H26N2O2S. The van der Waals surface area contributed by atoms with E-state index in [9.17, 15) is 8.42 Å². The van der Waals surface area contributed by atoms with Crippen LogP contribution in [0.5, 0.6) is 0 Å². The van der Waals surface area contributed by atoms with E-state index in [-0.39, 0.29) is 11.0 Å². The van der Waals surface area contributed by atoms with Gasteiger partial charge in [-0.15, -0.1) is 0 Å². The van der Waals surface area contributed by atoms with Gasteiger partial charge in [0.25, 0.3) is 0 Å². The van der Waals surface area contributed by atoms with Gasteiger partial charge in [-0.1, -0.05) is 6.42 Å². The van der Waals surface area contributed by atoms with Gasteiger partial charge in [0.2, 0.25) is 0 Å². The summed E-state index contributed by atoms with van der Waals surface area (Å²) in [5.74, 6) is 0.283. The maximum absolute atomic E-state index is 11.8. The van der Waals surface area contributed by atoms with Crippen LogP contribution in [0.4, 0.5) is 0 Å². The SMILES string of the molecule is CC(C)S(=O)(=O)CCN(CCCN)C1CCC1. The van der Waals surface area contributed by atoms with Gasteiger partial charge in [0.15, 0.2) is 9.84 Å². The number of nitrogens with zero attached hydrogens (tertiary/aromatic N) is 1. The summed E-state index contributed by atoms with van der Waals surface area (Å²) in [5, 5.41) is -0.264. The van der Waals surface area contributed by atoms with Crippen molar-refractivity contribution in [2.75, 3.05) is 25.4 Å². The normalized spacial score (nSPS) is 17.7. The van der Waals surface area contributed by atoms with E-state index in [4.69, 9.17) is 5.73 Å². The fraction of sp³-hybridized carbons (Fsp3) is 1.00. The summed E-state index contributed by atoms with van der Waals surface area (Å²) in [7, 11) is -2.91. The Hall–Kier alpha value is -0.130. The second-order valence-electron chi connectivity index (χ2n) is 5.18. The first kappa shape index (κ1) is 14.9. The molecule has 102 valence electrons. The van der Waals surface area contributed by atoms with Crippen LogP contribution in [0.3, 0.4) is 0 Å². The van der Waals surface area contributed by atoms with Crippen molar-refractivity contribution in [1.82, 2.24) is 4.90 Å². The van der Waals surface area contributed by atoms with Gasteiger partial charge in [-0.3, -0.25) is 4.90 Å². The fourth-order valence-corrected chi connectivity index (χ4v) is 2.96. The van der Waals surface area contributed by atoms with Crippen molar-refractivity contribution in [2.45, 2.75) is 50.8 Å². The Morgan fingerprint density at radius 3 is 2.35 bits per heavy atom. The van der Waals surface area contributed by atoms with E-state index in [1.54, 1.807) is 13.8 Å². The molecule has 0 bridgehead atoms. The zero-order valence-electron chi connectivity index (χ0n) is 11.1. The van der Waals surface area contributed by atoms with Crippen LogP contribution in [0.2, 0.25) is 0 Å². The average molecular weight is 262 g/mol. The predicted octanol–water partition coefficient (Wildman–Crippen LogP) is 1.01. The molecule has 2 N–H and O–H groups in total. The smallest absolute Gasteiger partial charge is 0.153 e. The lowest BCUT2D eigenvalue weighted by Crippen LogP contribution is -2.44. The van der Waals surface area contributed by atoms with Crippen LogP contribution in [-0.4, -0.2) is 50.0 Å². The molecule has 0 unspecified atom stereocenters. The highest BCUT2D eigenvalue weighted by Crippen LogP contribution is 2.24. The first-order valence-corrected chi connectivity index (χ1v) is 8.34. The molecule has 0 aromatic heterocycles. The molecule has 1 rings (SSSR count). The molecule has 0 heterocycles. The number of rotatable bonds is 8. The van der Waals surface area contributed by atoms with Crippen molar-refractivity contribution >= 4 is 9.84 Å². The van der Waals surface area contributed by atoms with E-state index < -0.39 is 9.84 Å². The highest BCUT2D eigenvalue weighted by atomic mass is 32.2. The molecular weight excluding hydrogens is 236 g/mol. The number of hydrogen-bond acceptors (Lipinski definition) is 4. The summed E-state index contributed by atoms with van der Waals surface area (Å²) in [6.07, 6.45) is 4.66. The molecule has 1 fully saturated rings. The molecule has 0 radical (unpaired) electrons. The molecule has 0 spiro atoms. The van der Waals surface area contributed by atoms with Crippen LogP contribution in [0.1, 0.15) is 39.5 Å². The van der Waals surface area contributed by atoms with Crippen molar-refractivity contribution in [3.8, 4) is 0 Å². The molecule has 1 saturated carbocycles. The third-order valence-electron chi connectivity index (χ3n) is 3.62. The van der Waals surface area contributed by atoms with Crippen molar-refractivity contribution in [1.29, 1.82) is 0 Å². The van der Waals surface area contributed by atoms with Crippen LogP contribution in [0.15, 0.2) is 0 Å². The van der Waals surface area contributed by atoms with Crippen LogP contribution < -0.4 is 5.73 Å². The van der Waals surface area contributed by atoms with E-state index in [1.807, 2.05) is 0 Å². The van der Waals surface area contributed by atoms with Gasteiger partial charge in [-0.25, -0.2) is 8.42 Å². The summed E-state index contributed by atoms with van der Waals surface area (Å²) < 4.78 is 23.6. The topological polar surface area (TPSA) is 63.4 Å². The summed E-state index contributed by atoms with van der Waals surface area (Å²) >= 11 is 0. The molecule has 0 aromatic rings. The second-order valence-corrected chi connectivity index (χ2v) is 7.86. The Labute approximate surface area is 105 Å². The lowest BCUT2D eigenvalue weighted by atomic mass is 9.91. The first-order valence-electron chi connectivity index (χ1n) is 6.63. The van der Waals surface area contributed by atoms with Gasteiger partial charge in [0.05, 0.1) is 11.0 Å². The number of nitrogens with two attached hydrogens (primary N) is 1. The van der Waals surface area contributed by atoms with Gasteiger partial charge in [-0.05, 0) is 46.2 Å². The molecule has 1 aliphatic rings. The molecule has 5 heteroatoms.